The molecule has 1 fully saturated rings. The smallest absolute Gasteiger partial charge is 0.246 e. The highest BCUT2D eigenvalue weighted by atomic mass is 16.2. The number of amides is 2. The summed E-state index contributed by atoms with van der Waals surface area (Å²) in [5.74, 6) is 5.04. The van der Waals surface area contributed by atoms with E-state index >= 15 is 0 Å². The number of nitrogens with one attached hydrogen (secondary N) is 2. The minimum atomic E-state index is -0.764. The van der Waals surface area contributed by atoms with Crippen molar-refractivity contribution < 1.29 is 9.59 Å². The summed E-state index contributed by atoms with van der Waals surface area (Å²) < 4.78 is 0. The van der Waals surface area contributed by atoms with Gasteiger partial charge in [0.25, 0.3) is 0 Å². The minimum absolute atomic E-state index is 0.150. The van der Waals surface area contributed by atoms with Crippen LogP contribution in [-0.2, 0) is 16.1 Å². The number of carbonyl (C=O) groups excluding carboxylic acids is 2. The van der Waals surface area contributed by atoms with Crippen molar-refractivity contribution in [3.8, 4) is 0 Å². The van der Waals surface area contributed by atoms with Crippen molar-refractivity contribution in [3.63, 3.8) is 0 Å². The molecule has 0 unspecified atom stereocenters. The lowest BCUT2D eigenvalue weighted by atomic mass is 9.98. The number of nitrogen functional groups attached to an aromatic ring is 1. The maximum Gasteiger partial charge on any atom is 0.246 e. The molecule has 1 aromatic rings. The van der Waals surface area contributed by atoms with Gasteiger partial charge in [-0.3, -0.25) is 24.8 Å². The SMILES string of the molecule is CC1(C)C(=O)NC(=O)CN1Cc1cnc(NN)cn1. The van der Waals surface area contributed by atoms with Gasteiger partial charge in [0.2, 0.25) is 11.8 Å². The molecule has 0 atom stereocenters. The van der Waals surface area contributed by atoms with Gasteiger partial charge in [0.15, 0.2) is 5.82 Å². The van der Waals surface area contributed by atoms with E-state index in [-0.39, 0.29) is 18.4 Å². The number of imide groups is 1. The van der Waals surface area contributed by atoms with E-state index in [0.717, 1.165) is 0 Å². The van der Waals surface area contributed by atoms with Gasteiger partial charge in [-0.05, 0) is 13.8 Å². The van der Waals surface area contributed by atoms with Gasteiger partial charge in [-0.15, -0.1) is 0 Å². The van der Waals surface area contributed by atoms with E-state index < -0.39 is 5.54 Å². The molecule has 4 N–H and O–H groups in total. The highest BCUT2D eigenvalue weighted by Crippen LogP contribution is 2.20. The first-order valence-corrected chi connectivity index (χ1v) is 5.80. The number of aromatic nitrogens is 2. The van der Waals surface area contributed by atoms with E-state index in [4.69, 9.17) is 5.84 Å². The number of hydrazine groups is 1. The minimum Gasteiger partial charge on any atom is -0.307 e. The third-order valence-corrected chi connectivity index (χ3v) is 3.14. The van der Waals surface area contributed by atoms with E-state index in [1.807, 2.05) is 0 Å². The van der Waals surface area contributed by atoms with Gasteiger partial charge in [-0.1, -0.05) is 0 Å². The van der Waals surface area contributed by atoms with Crippen LogP contribution in [0.1, 0.15) is 19.5 Å². The first kappa shape index (κ1) is 13.4. The predicted molar refractivity (Wildman–Crippen MR) is 67.5 cm³/mol. The summed E-state index contributed by atoms with van der Waals surface area (Å²) >= 11 is 0. The van der Waals surface area contributed by atoms with Gasteiger partial charge in [0.05, 0.1) is 30.2 Å². The number of rotatable bonds is 3. The molecule has 2 heterocycles. The molecule has 1 aliphatic heterocycles. The summed E-state index contributed by atoms with van der Waals surface area (Å²) in [6.45, 7) is 4.04. The van der Waals surface area contributed by atoms with Crippen LogP contribution < -0.4 is 16.6 Å². The highest BCUT2D eigenvalue weighted by molar-refractivity contribution is 6.02. The number of nitrogens with two attached hydrogens (primary N) is 1. The molecule has 102 valence electrons. The van der Waals surface area contributed by atoms with Gasteiger partial charge in [0, 0.05) is 6.54 Å². The van der Waals surface area contributed by atoms with Crippen molar-refractivity contribution >= 4 is 17.6 Å². The van der Waals surface area contributed by atoms with Crippen LogP contribution in [0.4, 0.5) is 5.82 Å². The molecule has 0 aliphatic carbocycles. The molecule has 8 heteroatoms. The van der Waals surface area contributed by atoms with E-state index in [1.54, 1.807) is 24.9 Å². The third kappa shape index (κ3) is 2.69. The highest BCUT2D eigenvalue weighted by Gasteiger charge is 2.40. The van der Waals surface area contributed by atoms with E-state index in [0.29, 0.717) is 18.1 Å². The molecule has 8 nitrogen and oxygen atoms in total. The summed E-state index contributed by atoms with van der Waals surface area (Å²) in [5, 5.41) is 2.32. The lowest BCUT2D eigenvalue weighted by Crippen LogP contribution is -2.63. The van der Waals surface area contributed by atoms with Gasteiger partial charge >= 0.3 is 0 Å². The fourth-order valence-corrected chi connectivity index (χ4v) is 1.79. The van der Waals surface area contributed by atoms with Crippen molar-refractivity contribution in [1.29, 1.82) is 0 Å². The first-order valence-electron chi connectivity index (χ1n) is 5.80. The van der Waals surface area contributed by atoms with Gasteiger partial charge in [-0.2, -0.15) is 0 Å². The Morgan fingerprint density at radius 1 is 1.42 bits per heavy atom. The van der Waals surface area contributed by atoms with Gasteiger partial charge in [-0.25, -0.2) is 10.8 Å². The van der Waals surface area contributed by atoms with Crippen LogP contribution in [0.25, 0.3) is 0 Å². The quantitative estimate of drug-likeness (QED) is 0.364. The van der Waals surface area contributed by atoms with E-state index in [2.05, 4.69) is 20.7 Å². The molecule has 1 aliphatic rings. The number of hydrogen-bond acceptors (Lipinski definition) is 7. The van der Waals surface area contributed by atoms with Crippen LogP contribution in [0.3, 0.4) is 0 Å². The van der Waals surface area contributed by atoms with Crippen LogP contribution in [0.5, 0.6) is 0 Å². The number of hydrogen-bond donors (Lipinski definition) is 3. The normalized spacial score (nSPS) is 19.1. The second-order valence-electron chi connectivity index (χ2n) is 4.83. The fraction of sp³-hybridized carbons (Fsp3) is 0.455. The van der Waals surface area contributed by atoms with Crippen LogP contribution in [0.2, 0.25) is 0 Å². The molecule has 0 saturated carbocycles. The molecule has 1 saturated heterocycles. The Hall–Kier alpha value is -2.06. The molecule has 0 spiro atoms. The molecule has 2 rings (SSSR count). The first-order chi connectivity index (χ1) is 8.93. The topological polar surface area (TPSA) is 113 Å². The third-order valence-electron chi connectivity index (χ3n) is 3.14. The zero-order valence-corrected chi connectivity index (χ0v) is 10.8. The largest absolute Gasteiger partial charge is 0.307 e. The van der Waals surface area contributed by atoms with Gasteiger partial charge < -0.3 is 5.43 Å². The number of carbonyl (C=O) groups is 2. The molecular formula is C11H16N6O2. The van der Waals surface area contributed by atoms with Crippen molar-refractivity contribution in [2.75, 3.05) is 12.0 Å². The Bertz CT molecular complexity index is 498. The monoisotopic (exact) mass is 264 g/mol. The predicted octanol–water partition coefficient (Wildman–Crippen LogP) is -1.00. The molecule has 0 aromatic carbocycles. The zero-order chi connectivity index (χ0) is 14.0. The van der Waals surface area contributed by atoms with E-state index in [9.17, 15) is 9.59 Å². The van der Waals surface area contributed by atoms with E-state index in [1.165, 1.54) is 6.20 Å². The van der Waals surface area contributed by atoms with Crippen LogP contribution in [0.15, 0.2) is 12.4 Å². The standard InChI is InChI=1S/C11H16N6O2/c1-11(2)10(19)15-9(18)6-17(11)5-7-3-14-8(16-12)4-13-7/h3-4H,5-6,12H2,1-2H3,(H,14,16)(H,15,18,19). The Kier molecular flexibility index (Phi) is 3.45. The summed E-state index contributed by atoms with van der Waals surface area (Å²) in [6, 6.07) is 0. The summed E-state index contributed by atoms with van der Waals surface area (Å²) in [5.41, 5.74) is 2.28. The van der Waals surface area contributed by atoms with Crippen molar-refractivity contribution in [2.45, 2.75) is 25.9 Å². The van der Waals surface area contributed by atoms with Crippen LogP contribution in [0, 0.1) is 0 Å². The Labute approximate surface area is 110 Å². The Morgan fingerprint density at radius 2 is 2.16 bits per heavy atom. The van der Waals surface area contributed by atoms with Crippen LogP contribution in [-0.4, -0.2) is 38.8 Å². The summed E-state index contributed by atoms with van der Waals surface area (Å²) in [6.07, 6.45) is 3.05. The fourth-order valence-electron chi connectivity index (χ4n) is 1.79. The lowest BCUT2D eigenvalue weighted by molar-refractivity contribution is -0.145. The zero-order valence-electron chi connectivity index (χ0n) is 10.8. The molecule has 19 heavy (non-hydrogen) atoms. The van der Waals surface area contributed by atoms with Crippen molar-refractivity contribution in [3.05, 3.63) is 18.1 Å². The lowest BCUT2D eigenvalue weighted by Gasteiger charge is -2.39. The maximum atomic E-state index is 11.8. The summed E-state index contributed by atoms with van der Waals surface area (Å²) in [4.78, 5) is 33.2. The van der Waals surface area contributed by atoms with Crippen molar-refractivity contribution in [1.82, 2.24) is 20.2 Å². The second kappa shape index (κ2) is 4.90. The maximum absolute atomic E-state index is 11.8. The molecule has 1 aromatic heterocycles. The average molecular weight is 264 g/mol. The number of nitrogens with zero attached hydrogens (tertiary/aromatic N) is 3. The van der Waals surface area contributed by atoms with Crippen molar-refractivity contribution in [2.24, 2.45) is 5.84 Å². The Balaban J connectivity index is 2.15. The molecule has 0 radical (unpaired) electrons. The molecule has 2 amide bonds. The molecule has 0 bridgehead atoms. The van der Waals surface area contributed by atoms with Gasteiger partial charge in [0.1, 0.15) is 0 Å². The second-order valence-corrected chi connectivity index (χ2v) is 4.83. The number of anilines is 1. The average Bonchev–Trinajstić information content (AvgIpc) is 2.37. The summed E-state index contributed by atoms with van der Waals surface area (Å²) in [7, 11) is 0. The molecular weight excluding hydrogens is 248 g/mol. The Morgan fingerprint density at radius 3 is 2.74 bits per heavy atom. The van der Waals surface area contributed by atoms with Crippen LogP contribution >= 0.6 is 0 Å². The number of piperazine rings is 1.